The molecule has 0 N–H and O–H groups in total. The molecule has 20 heavy (non-hydrogen) atoms. The van der Waals surface area contributed by atoms with Crippen molar-refractivity contribution in [3.63, 3.8) is 0 Å². The quantitative estimate of drug-likeness (QED) is 0.360. The van der Waals surface area contributed by atoms with E-state index < -0.39 is 18.4 Å². The standard InChI is InChI=1S/C5H8NO.3C4H9.Sn/c1-4-5(7)6(2)3;3*1-3-4-2;/h1H2,2-3H3;3*1,3-4H2,2H3;. The molecule has 2 nitrogen and oxygen atoms in total. The van der Waals surface area contributed by atoms with Crippen molar-refractivity contribution in [3.05, 3.63) is 10.2 Å². The van der Waals surface area contributed by atoms with Crippen LogP contribution >= 0.6 is 0 Å². The van der Waals surface area contributed by atoms with Gasteiger partial charge >= 0.3 is 131 Å². The van der Waals surface area contributed by atoms with Crippen LogP contribution in [0.4, 0.5) is 0 Å². The first kappa shape index (κ1) is 20.0. The first-order valence-corrected chi connectivity index (χ1v) is 15.8. The van der Waals surface area contributed by atoms with Crippen molar-refractivity contribution < 1.29 is 4.79 Å². The maximum atomic E-state index is 12.5. The van der Waals surface area contributed by atoms with Crippen LogP contribution < -0.4 is 0 Å². The van der Waals surface area contributed by atoms with Gasteiger partial charge in [-0.2, -0.15) is 0 Å². The van der Waals surface area contributed by atoms with Gasteiger partial charge in [-0.15, -0.1) is 0 Å². The Hall–Kier alpha value is 0.00870. The summed E-state index contributed by atoms with van der Waals surface area (Å²) in [7, 11) is 3.73. The first-order valence-electron chi connectivity index (χ1n) is 8.36. The third kappa shape index (κ3) is 6.19. The number of nitrogens with zero attached hydrogens (tertiary/aromatic N) is 1. The van der Waals surface area contributed by atoms with E-state index >= 15 is 0 Å². The SMILES string of the molecule is C=[C](C(=O)N(C)C)[Sn]([CH2]CCC)([CH2]CCC)[CH2]CCC. The molecule has 0 rings (SSSR count). The fraction of sp³-hybridized carbons (Fsp3) is 0.824. The second kappa shape index (κ2) is 10.7. The van der Waals surface area contributed by atoms with Gasteiger partial charge in [0.1, 0.15) is 0 Å². The van der Waals surface area contributed by atoms with Gasteiger partial charge in [-0.25, -0.2) is 0 Å². The molecule has 0 aromatic rings. The number of rotatable bonds is 11. The van der Waals surface area contributed by atoms with Crippen molar-refractivity contribution in [2.24, 2.45) is 0 Å². The Morgan fingerprint density at radius 2 is 1.25 bits per heavy atom. The molecule has 0 aliphatic carbocycles. The molecular weight excluding hydrogens is 353 g/mol. The zero-order valence-electron chi connectivity index (χ0n) is 14.4. The summed E-state index contributed by atoms with van der Waals surface area (Å²) >= 11 is -2.55. The number of amides is 1. The van der Waals surface area contributed by atoms with Crippen LogP contribution in [0.25, 0.3) is 0 Å². The van der Waals surface area contributed by atoms with Gasteiger partial charge in [0.15, 0.2) is 0 Å². The van der Waals surface area contributed by atoms with Crippen LogP contribution in [-0.2, 0) is 4.79 Å². The van der Waals surface area contributed by atoms with Gasteiger partial charge in [0, 0.05) is 0 Å². The maximum absolute atomic E-state index is 12.5. The number of carbonyl (C=O) groups is 1. The Balaban J connectivity index is 5.20. The van der Waals surface area contributed by atoms with Gasteiger partial charge < -0.3 is 0 Å². The Morgan fingerprint density at radius 3 is 1.50 bits per heavy atom. The molecule has 0 heterocycles. The summed E-state index contributed by atoms with van der Waals surface area (Å²) in [5.74, 6) is 0.212. The molecule has 1 amide bonds. The summed E-state index contributed by atoms with van der Waals surface area (Å²) in [6, 6.07) is 0. The van der Waals surface area contributed by atoms with Crippen molar-refractivity contribution in [1.82, 2.24) is 4.90 Å². The van der Waals surface area contributed by atoms with Crippen molar-refractivity contribution in [3.8, 4) is 0 Å². The van der Waals surface area contributed by atoms with Crippen LogP contribution in [0.15, 0.2) is 10.2 Å². The molecule has 0 aliphatic rings. The minimum absolute atomic E-state index is 0.212. The number of hydrogen-bond donors (Lipinski definition) is 0. The molecule has 118 valence electrons. The van der Waals surface area contributed by atoms with E-state index in [1.54, 1.807) is 4.90 Å². The summed E-state index contributed by atoms with van der Waals surface area (Å²) < 4.78 is 5.02. The molecule has 0 fully saturated rings. The van der Waals surface area contributed by atoms with Crippen molar-refractivity contribution in [2.75, 3.05) is 14.1 Å². The molecule has 0 radical (unpaired) electrons. The predicted molar refractivity (Wildman–Crippen MR) is 92.7 cm³/mol. The summed E-state index contributed by atoms with van der Waals surface area (Å²) in [5, 5.41) is 0. The van der Waals surface area contributed by atoms with Crippen LogP contribution in [0.3, 0.4) is 0 Å². The van der Waals surface area contributed by atoms with E-state index in [1.165, 1.54) is 51.8 Å². The zero-order chi connectivity index (χ0) is 15.6. The fourth-order valence-electron chi connectivity index (χ4n) is 2.87. The van der Waals surface area contributed by atoms with E-state index in [-0.39, 0.29) is 5.91 Å². The van der Waals surface area contributed by atoms with Gasteiger partial charge in [0.2, 0.25) is 0 Å². The topological polar surface area (TPSA) is 20.3 Å². The van der Waals surface area contributed by atoms with Crippen molar-refractivity contribution in [2.45, 2.75) is 72.6 Å². The average Bonchev–Trinajstić information content (AvgIpc) is 2.45. The van der Waals surface area contributed by atoms with E-state index in [4.69, 9.17) is 0 Å². The molecule has 0 saturated heterocycles. The molecule has 0 atom stereocenters. The van der Waals surface area contributed by atoms with Gasteiger partial charge in [-0.05, 0) is 0 Å². The monoisotopic (exact) mass is 389 g/mol. The number of unbranched alkanes of at least 4 members (excludes halogenated alkanes) is 3. The minimum atomic E-state index is -2.55. The second-order valence-electron chi connectivity index (χ2n) is 6.27. The number of hydrogen-bond acceptors (Lipinski definition) is 1. The molecule has 0 spiro atoms. The normalized spacial score (nSPS) is 11.4. The van der Waals surface area contributed by atoms with E-state index in [1.807, 2.05) is 14.1 Å². The number of likely N-dealkylation sites (N-methyl/N-ethyl adjacent to an activating group) is 1. The van der Waals surface area contributed by atoms with E-state index in [2.05, 4.69) is 27.4 Å². The molecular formula is C17H35NOSn. The predicted octanol–water partition coefficient (Wildman–Crippen LogP) is 5.02. The molecule has 0 aliphatic heterocycles. The van der Waals surface area contributed by atoms with Crippen LogP contribution in [0, 0.1) is 0 Å². The third-order valence-electron chi connectivity index (χ3n) is 4.33. The van der Waals surface area contributed by atoms with Crippen molar-refractivity contribution >= 4 is 24.3 Å². The van der Waals surface area contributed by atoms with Crippen LogP contribution in [0.1, 0.15) is 59.3 Å². The van der Waals surface area contributed by atoms with Gasteiger partial charge in [0.05, 0.1) is 0 Å². The van der Waals surface area contributed by atoms with Gasteiger partial charge in [-0.3, -0.25) is 0 Å². The average molecular weight is 388 g/mol. The fourth-order valence-corrected chi connectivity index (χ4v) is 18.3. The Bertz CT molecular complexity index is 278. The van der Waals surface area contributed by atoms with Gasteiger partial charge in [0.25, 0.3) is 0 Å². The van der Waals surface area contributed by atoms with Crippen LogP contribution in [0.2, 0.25) is 13.3 Å². The third-order valence-corrected chi connectivity index (χ3v) is 19.8. The first-order chi connectivity index (χ1) is 9.45. The van der Waals surface area contributed by atoms with Crippen LogP contribution in [-0.4, -0.2) is 43.3 Å². The van der Waals surface area contributed by atoms with Gasteiger partial charge in [-0.1, -0.05) is 0 Å². The summed E-state index contributed by atoms with van der Waals surface area (Å²) in [4.78, 5) is 14.2. The Kier molecular flexibility index (Phi) is 10.7. The van der Waals surface area contributed by atoms with E-state index in [0.29, 0.717) is 0 Å². The summed E-state index contributed by atoms with van der Waals surface area (Å²) in [6.45, 7) is 11.1. The summed E-state index contributed by atoms with van der Waals surface area (Å²) in [6.07, 6.45) is 7.55. The Labute approximate surface area is 130 Å². The molecule has 0 aromatic carbocycles. The van der Waals surface area contributed by atoms with Crippen molar-refractivity contribution in [1.29, 1.82) is 0 Å². The molecule has 0 saturated carbocycles. The summed E-state index contributed by atoms with van der Waals surface area (Å²) in [5.41, 5.74) is 0. The molecule has 0 unspecified atom stereocenters. The molecule has 0 aromatic heterocycles. The van der Waals surface area contributed by atoms with Crippen LogP contribution in [0.5, 0.6) is 0 Å². The van der Waals surface area contributed by atoms with E-state index in [0.717, 1.165) is 3.59 Å². The molecule has 0 bridgehead atoms. The van der Waals surface area contributed by atoms with E-state index in [9.17, 15) is 4.79 Å². The number of carbonyl (C=O) groups excluding carboxylic acids is 1. The zero-order valence-corrected chi connectivity index (χ0v) is 17.3. The molecule has 3 heteroatoms. The Morgan fingerprint density at radius 1 is 0.900 bits per heavy atom. The second-order valence-corrected chi connectivity index (χ2v) is 19.6.